The first kappa shape index (κ1) is 15.0. The maximum Gasteiger partial charge on any atom is 0.240 e. The van der Waals surface area contributed by atoms with Crippen molar-refractivity contribution in [3.05, 3.63) is 23.8 Å². The Hall–Kier alpha value is -1.44. The molecular weight excluding hydrogens is 278 g/mol. The zero-order valence-electron chi connectivity index (χ0n) is 11.6. The zero-order valence-corrected chi connectivity index (χ0v) is 12.4. The van der Waals surface area contributed by atoms with E-state index in [1.165, 1.54) is 13.1 Å². The van der Waals surface area contributed by atoms with Gasteiger partial charge in [0, 0.05) is 11.7 Å². The van der Waals surface area contributed by atoms with E-state index in [2.05, 4.69) is 15.4 Å². The van der Waals surface area contributed by atoms with Crippen LogP contribution in [0.1, 0.15) is 18.4 Å². The van der Waals surface area contributed by atoms with Crippen LogP contribution in [-0.4, -0.2) is 34.0 Å². The summed E-state index contributed by atoms with van der Waals surface area (Å²) in [5, 5.41) is 5.80. The first-order chi connectivity index (χ1) is 9.42. The van der Waals surface area contributed by atoms with Gasteiger partial charge in [-0.15, -0.1) is 0 Å². The molecule has 1 aromatic carbocycles. The molecule has 0 bridgehead atoms. The molecule has 20 heavy (non-hydrogen) atoms. The molecular formula is C13H19N3O3S. The molecule has 1 fully saturated rings. The molecule has 1 aliphatic rings. The smallest absolute Gasteiger partial charge is 0.240 e. The standard InChI is InChI=1S/C13H19N3O3S/c1-9-3-4-11(7-12(9)20(18,19)14-2)16-13(17)8-15-10-5-6-10/h3-4,7,10,14-15H,5-6,8H2,1-2H3,(H,16,17). The lowest BCUT2D eigenvalue weighted by Crippen LogP contribution is -2.29. The highest BCUT2D eigenvalue weighted by molar-refractivity contribution is 7.89. The van der Waals surface area contributed by atoms with E-state index in [-0.39, 0.29) is 17.3 Å². The SMILES string of the molecule is CNS(=O)(=O)c1cc(NC(=O)CNC2CC2)ccc1C. The normalized spacial score (nSPS) is 15.1. The van der Waals surface area contributed by atoms with Gasteiger partial charge >= 0.3 is 0 Å². The second-order valence-electron chi connectivity index (χ2n) is 4.89. The molecule has 0 unspecified atom stereocenters. The number of nitrogens with one attached hydrogen (secondary N) is 3. The van der Waals surface area contributed by atoms with Crippen LogP contribution in [0.25, 0.3) is 0 Å². The molecule has 6 nitrogen and oxygen atoms in total. The average Bonchev–Trinajstić information content (AvgIpc) is 3.22. The maximum atomic E-state index is 11.8. The molecule has 0 heterocycles. The molecule has 3 N–H and O–H groups in total. The van der Waals surface area contributed by atoms with Gasteiger partial charge in [-0.2, -0.15) is 0 Å². The van der Waals surface area contributed by atoms with Gasteiger partial charge in [0.25, 0.3) is 0 Å². The Balaban J connectivity index is 2.08. The van der Waals surface area contributed by atoms with Gasteiger partial charge in [0.2, 0.25) is 15.9 Å². The molecule has 0 radical (unpaired) electrons. The van der Waals surface area contributed by atoms with Crippen LogP contribution in [0.5, 0.6) is 0 Å². The third-order valence-electron chi connectivity index (χ3n) is 3.16. The van der Waals surface area contributed by atoms with Crippen LogP contribution in [0.15, 0.2) is 23.1 Å². The minimum absolute atomic E-state index is 0.173. The minimum atomic E-state index is -3.52. The molecule has 0 spiro atoms. The van der Waals surface area contributed by atoms with Gasteiger partial charge in [0.15, 0.2) is 0 Å². The summed E-state index contributed by atoms with van der Waals surface area (Å²) in [7, 11) is -2.16. The van der Waals surface area contributed by atoms with Gasteiger partial charge in [-0.1, -0.05) is 6.07 Å². The van der Waals surface area contributed by atoms with E-state index in [4.69, 9.17) is 0 Å². The number of sulfonamides is 1. The van der Waals surface area contributed by atoms with Gasteiger partial charge in [-0.3, -0.25) is 4.79 Å². The molecule has 1 aliphatic carbocycles. The third-order valence-corrected chi connectivity index (χ3v) is 4.72. The largest absolute Gasteiger partial charge is 0.325 e. The highest BCUT2D eigenvalue weighted by Gasteiger charge is 2.21. The number of hydrogen-bond acceptors (Lipinski definition) is 4. The van der Waals surface area contributed by atoms with E-state index in [1.807, 2.05) is 0 Å². The lowest BCUT2D eigenvalue weighted by atomic mass is 10.2. The first-order valence-corrected chi connectivity index (χ1v) is 7.98. The summed E-state index contributed by atoms with van der Waals surface area (Å²) >= 11 is 0. The number of carbonyl (C=O) groups excluding carboxylic acids is 1. The molecule has 2 rings (SSSR count). The van der Waals surface area contributed by atoms with Crippen molar-refractivity contribution in [1.82, 2.24) is 10.0 Å². The highest BCUT2D eigenvalue weighted by atomic mass is 32.2. The van der Waals surface area contributed by atoms with Gasteiger partial charge in [0.1, 0.15) is 0 Å². The van der Waals surface area contributed by atoms with Crippen LogP contribution in [0.2, 0.25) is 0 Å². The number of amides is 1. The van der Waals surface area contributed by atoms with Crippen molar-refractivity contribution in [2.75, 3.05) is 18.9 Å². The monoisotopic (exact) mass is 297 g/mol. The molecule has 110 valence electrons. The summed E-state index contributed by atoms with van der Waals surface area (Å²) in [6.45, 7) is 1.96. The number of aryl methyl sites for hydroxylation is 1. The number of carbonyl (C=O) groups is 1. The summed E-state index contributed by atoms with van der Waals surface area (Å²) in [6.07, 6.45) is 2.23. The Morgan fingerprint density at radius 2 is 2.05 bits per heavy atom. The molecule has 0 aliphatic heterocycles. The van der Waals surface area contributed by atoms with Crippen molar-refractivity contribution in [2.24, 2.45) is 0 Å². The molecule has 7 heteroatoms. The molecule has 1 saturated carbocycles. The summed E-state index contributed by atoms with van der Waals surface area (Å²) < 4.78 is 26.0. The number of hydrogen-bond donors (Lipinski definition) is 3. The summed E-state index contributed by atoms with van der Waals surface area (Å²) in [4.78, 5) is 11.9. The Bertz CT molecular complexity index is 609. The van der Waals surface area contributed by atoms with Crippen molar-refractivity contribution in [3.8, 4) is 0 Å². The van der Waals surface area contributed by atoms with E-state index in [9.17, 15) is 13.2 Å². The Morgan fingerprint density at radius 3 is 2.65 bits per heavy atom. The quantitative estimate of drug-likeness (QED) is 0.717. The zero-order chi connectivity index (χ0) is 14.8. The Kier molecular flexibility index (Phi) is 4.42. The van der Waals surface area contributed by atoms with Crippen LogP contribution in [0.3, 0.4) is 0 Å². The van der Waals surface area contributed by atoms with Crippen LogP contribution < -0.4 is 15.4 Å². The highest BCUT2D eigenvalue weighted by Crippen LogP contribution is 2.20. The summed E-state index contributed by atoms with van der Waals surface area (Å²) in [5.41, 5.74) is 1.11. The minimum Gasteiger partial charge on any atom is -0.325 e. The van der Waals surface area contributed by atoms with Crippen LogP contribution in [-0.2, 0) is 14.8 Å². The fourth-order valence-electron chi connectivity index (χ4n) is 1.81. The Labute approximate surface area is 119 Å². The summed E-state index contributed by atoms with van der Waals surface area (Å²) in [6, 6.07) is 5.29. The number of anilines is 1. The van der Waals surface area contributed by atoms with E-state index < -0.39 is 10.0 Å². The van der Waals surface area contributed by atoms with Crippen molar-refractivity contribution in [1.29, 1.82) is 0 Å². The van der Waals surface area contributed by atoms with E-state index in [1.54, 1.807) is 19.1 Å². The van der Waals surface area contributed by atoms with E-state index >= 15 is 0 Å². The molecule has 0 aromatic heterocycles. The second kappa shape index (κ2) is 5.90. The number of benzene rings is 1. The fraction of sp³-hybridized carbons (Fsp3) is 0.462. The van der Waals surface area contributed by atoms with Gasteiger partial charge in [0.05, 0.1) is 11.4 Å². The van der Waals surface area contributed by atoms with Crippen LogP contribution in [0, 0.1) is 6.92 Å². The van der Waals surface area contributed by atoms with E-state index in [0.29, 0.717) is 17.3 Å². The molecule has 1 amide bonds. The molecule has 0 atom stereocenters. The van der Waals surface area contributed by atoms with Crippen molar-refractivity contribution >= 4 is 21.6 Å². The molecule has 1 aromatic rings. The van der Waals surface area contributed by atoms with Gasteiger partial charge in [-0.25, -0.2) is 13.1 Å². The van der Waals surface area contributed by atoms with Gasteiger partial charge < -0.3 is 10.6 Å². The second-order valence-corrected chi connectivity index (χ2v) is 6.75. The average molecular weight is 297 g/mol. The molecule has 0 saturated heterocycles. The van der Waals surface area contributed by atoms with Crippen molar-refractivity contribution in [3.63, 3.8) is 0 Å². The lowest BCUT2D eigenvalue weighted by molar-refractivity contribution is -0.115. The fourth-order valence-corrected chi connectivity index (χ4v) is 2.80. The van der Waals surface area contributed by atoms with Gasteiger partial charge in [-0.05, 0) is 44.5 Å². The van der Waals surface area contributed by atoms with Crippen molar-refractivity contribution in [2.45, 2.75) is 30.7 Å². The first-order valence-electron chi connectivity index (χ1n) is 6.50. The predicted molar refractivity (Wildman–Crippen MR) is 77.1 cm³/mol. The van der Waals surface area contributed by atoms with Crippen LogP contribution in [0.4, 0.5) is 5.69 Å². The Morgan fingerprint density at radius 1 is 1.35 bits per heavy atom. The summed E-state index contributed by atoms with van der Waals surface area (Å²) in [5.74, 6) is -0.173. The third kappa shape index (κ3) is 3.78. The number of rotatable bonds is 6. The predicted octanol–water partition coefficient (Wildman–Crippen LogP) is 0.594. The topological polar surface area (TPSA) is 87.3 Å². The van der Waals surface area contributed by atoms with Crippen LogP contribution >= 0.6 is 0 Å². The van der Waals surface area contributed by atoms with E-state index in [0.717, 1.165) is 12.8 Å². The maximum absolute atomic E-state index is 11.8. The lowest BCUT2D eigenvalue weighted by Gasteiger charge is -2.10. The van der Waals surface area contributed by atoms with Crippen molar-refractivity contribution < 1.29 is 13.2 Å².